The van der Waals surface area contributed by atoms with Crippen molar-refractivity contribution in [2.45, 2.75) is 13.8 Å². The summed E-state index contributed by atoms with van der Waals surface area (Å²) >= 11 is 6.16. The van der Waals surface area contributed by atoms with Crippen LogP contribution in [-0.2, 0) is 0 Å². The van der Waals surface area contributed by atoms with Gasteiger partial charge in [0.2, 0.25) is 11.7 Å². The van der Waals surface area contributed by atoms with E-state index >= 15 is 0 Å². The molecule has 0 amide bonds. The lowest BCUT2D eigenvalue weighted by molar-refractivity contribution is 0.364. The van der Waals surface area contributed by atoms with E-state index in [4.69, 9.17) is 21.1 Å². The highest BCUT2D eigenvalue weighted by Gasteiger charge is 2.14. The Labute approximate surface area is 156 Å². The van der Waals surface area contributed by atoms with Gasteiger partial charge in [0, 0.05) is 18.1 Å². The van der Waals surface area contributed by atoms with Crippen LogP contribution in [0.1, 0.15) is 22.3 Å². The second kappa shape index (κ2) is 7.70. The highest BCUT2D eigenvalue weighted by Crippen LogP contribution is 2.31. The summed E-state index contributed by atoms with van der Waals surface area (Å²) in [4.78, 5) is 0. The van der Waals surface area contributed by atoms with Crippen LogP contribution in [0.4, 0.5) is 4.39 Å². The molecule has 1 aromatic heterocycles. The Kier molecular flexibility index (Phi) is 5.38. The number of ether oxygens (including phenoxy) is 2. The van der Waals surface area contributed by atoms with Crippen LogP contribution >= 0.6 is 11.6 Å². The molecule has 0 unspecified atom stereocenters. The lowest BCUT2D eigenvalue weighted by Crippen LogP contribution is -1.99. The van der Waals surface area contributed by atoms with E-state index in [9.17, 15) is 4.39 Å². The molecule has 0 fully saturated rings. The van der Waals surface area contributed by atoms with Crippen molar-refractivity contribution in [3.63, 3.8) is 0 Å². The highest BCUT2D eigenvalue weighted by atomic mass is 35.5. The molecule has 0 saturated carbocycles. The third-order valence-electron chi connectivity index (χ3n) is 3.85. The SMILES string of the molecule is COc1cccc(Oc2cc([CH]c3ccc(C)cc3C)c(Cl)nn2)c1F. The van der Waals surface area contributed by atoms with E-state index in [2.05, 4.69) is 16.3 Å². The van der Waals surface area contributed by atoms with Gasteiger partial charge in [-0.25, -0.2) is 0 Å². The molecule has 0 saturated heterocycles. The van der Waals surface area contributed by atoms with E-state index in [0.717, 1.165) is 11.1 Å². The van der Waals surface area contributed by atoms with Crippen LogP contribution in [0, 0.1) is 26.1 Å². The molecule has 0 aliphatic rings. The predicted octanol–water partition coefficient (Wildman–Crippen LogP) is 5.29. The molecule has 133 valence electrons. The van der Waals surface area contributed by atoms with Gasteiger partial charge in [-0.15, -0.1) is 10.2 Å². The van der Waals surface area contributed by atoms with Crippen molar-refractivity contribution in [1.82, 2.24) is 10.2 Å². The molecule has 0 bridgehead atoms. The third kappa shape index (κ3) is 3.94. The van der Waals surface area contributed by atoms with Crippen molar-refractivity contribution in [3.8, 4) is 17.4 Å². The molecule has 0 N–H and O–H groups in total. The van der Waals surface area contributed by atoms with Gasteiger partial charge in [0.05, 0.1) is 7.11 Å². The maximum atomic E-state index is 14.2. The summed E-state index contributed by atoms with van der Waals surface area (Å²) < 4.78 is 24.7. The van der Waals surface area contributed by atoms with Gasteiger partial charge >= 0.3 is 0 Å². The van der Waals surface area contributed by atoms with Crippen molar-refractivity contribution < 1.29 is 13.9 Å². The number of hydrogen-bond acceptors (Lipinski definition) is 4. The quantitative estimate of drug-likeness (QED) is 0.611. The first-order chi connectivity index (χ1) is 12.5. The average molecular weight is 372 g/mol. The monoisotopic (exact) mass is 371 g/mol. The second-order valence-electron chi connectivity index (χ2n) is 5.81. The molecule has 4 nitrogen and oxygen atoms in total. The van der Waals surface area contributed by atoms with E-state index in [0.29, 0.717) is 5.56 Å². The van der Waals surface area contributed by atoms with Gasteiger partial charge in [-0.3, -0.25) is 0 Å². The van der Waals surface area contributed by atoms with E-state index in [1.807, 2.05) is 32.4 Å². The summed E-state index contributed by atoms with van der Waals surface area (Å²) in [6.45, 7) is 4.05. The van der Waals surface area contributed by atoms with Crippen LogP contribution in [0.2, 0.25) is 5.15 Å². The summed E-state index contributed by atoms with van der Waals surface area (Å²) in [5.41, 5.74) is 3.92. The zero-order valence-electron chi connectivity index (χ0n) is 14.6. The summed E-state index contributed by atoms with van der Waals surface area (Å²) in [6, 6.07) is 12.3. The fourth-order valence-corrected chi connectivity index (χ4v) is 2.67. The molecular weight excluding hydrogens is 355 g/mol. The first kappa shape index (κ1) is 18.1. The van der Waals surface area contributed by atoms with Crippen molar-refractivity contribution in [3.05, 3.63) is 82.1 Å². The first-order valence-electron chi connectivity index (χ1n) is 7.93. The van der Waals surface area contributed by atoms with Crippen LogP contribution in [0.3, 0.4) is 0 Å². The standard InChI is InChI=1S/C20H17ClFN2O2/c1-12-7-8-14(13(2)9-12)10-15-11-18(23-24-20(15)21)26-17-6-4-5-16(25-3)19(17)22/h4-11H,1-3H3. The Hall–Kier alpha value is -2.66. The molecular formula is C20H17ClFN2O2. The maximum absolute atomic E-state index is 14.2. The van der Waals surface area contributed by atoms with Crippen LogP contribution in [-0.4, -0.2) is 17.3 Å². The summed E-state index contributed by atoms with van der Waals surface area (Å²) in [6.07, 6.45) is 1.89. The van der Waals surface area contributed by atoms with Crippen molar-refractivity contribution in [2.75, 3.05) is 7.11 Å². The van der Waals surface area contributed by atoms with Gasteiger partial charge in [-0.05, 0) is 37.1 Å². The lowest BCUT2D eigenvalue weighted by atomic mass is 10.00. The minimum Gasteiger partial charge on any atom is -0.494 e. The molecule has 0 spiro atoms. The fraction of sp³-hybridized carbons (Fsp3) is 0.150. The van der Waals surface area contributed by atoms with Gasteiger partial charge in [0.25, 0.3) is 0 Å². The molecule has 0 atom stereocenters. The molecule has 1 heterocycles. The Bertz CT molecular complexity index is 947. The number of rotatable bonds is 5. The van der Waals surface area contributed by atoms with Crippen LogP contribution in [0.25, 0.3) is 0 Å². The second-order valence-corrected chi connectivity index (χ2v) is 6.17. The largest absolute Gasteiger partial charge is 0.494 e. The smallest absolute Gasteiger partial charge is 0.239 e. The normalized spacial score (nSPS) is 10.7. The Balaban J connectivity index is 1.88. The van der Waals surface area contributed by atoms with E-state index in [-0.39, 0.29) is 22.5 Å². The number of aromatic nitrogens is 2. The van der Waals surface area contributed by atoms with E-state index in [1.54, 1.807) is 12.1 Å². The Morgan fingerprint density at radius 2 is 1.77 bits per heavy atom. The minimum absolute atomic E-state index is 0.00145. The van der Waals surface area contributed by atoms with Crippen LogP contribution in [0.15, 0.2) is 42.5 Å². The predicted molar refractivity (Wildman–Crippen MR) is 98.5 cm³/mol. The molecule has 1 radical (unpaired) electrons. The third-order valence-corrected chi connectivity index (χ3v) is 4.15. The topological polar surface area (TPSA) is 44.2 Å². The Morgan fingerprint density at radius 1 is 1.00 bits per heavy atom. The number of benzene rings is 2. The van der Waals surface area contributed by atoms with Crippen LogP contribution in [0.5, 0.6) is 17.4 Å². The van der Waals surface area contributed by atoms with Gasteiger partial charge in [0.1, 0.15) is 0 Å². The number of aryl methyl sites for hydroxylation is 2. The van der Waals surface area contributed by atoms with Gasteiger partial charge in [-0.2, -0.15) is 4.39 Å². The van der Waals surface area contributed by atoms with Gasteiger partial charge < -0.3 is 9.47 Å². The van der Waals surface area contributed by atoms with Gasteiger partial charge in [-0.1, -0.05) is 41.4 Å². The number of nitrogens with zero attached hydrogens (tertiary/aromatic N) is 2. The zero-order chi connectivity index (χ0) is 18.7. The summed E-state index contributed by atoms with van der Waals surface area (Å²) in [5, 5.41) is 8.01. The fourth-order valence-electron chi connectivity index (χ4n) is 2.52. The number of halogens is 2. The summed E-state index contributed by atoms with van der Waals surface area (Å²) in [7, 11) is 1.39. The molecule has 2 aromatic carbocycles. The van der Waals surface area contributed by atoms with E-state index < -0.39 is 5.82 Å². The minimum atomic E-state index is -0.605. The molecule has 3 rings (SSSR count). The molecule has 0 aliphatic heterocycles. The highest BCUT2D eigenvalue weighted by molar-refractivity contribution is 6.30. The maximum Gasteiger partial charge on any atom is 0.239 e. The molecule has 0 aliphatic carbocycles. The average Bonchev–Trinajstić information content (AvgIpc) is 2.62. The summed E-state index contributed by atoms with van der Waals surface area (Å²) in [5.74, 6) is -0.380. The zero-order valence-corrected chi connectivity index (χ0v) is 15.3. The van der Waals surface area contributed by atoms with Crippen LogP contribution < -0.4 is 9.47 Å². The van der Waals surface area contributed by atoms with Crippen molar-refractivity contribution in [2.24, 2.45) is 0 Å². The van der Waals surface area contributed by atoms with Crippen molar-refractivity contribution in [1.29, 1.82) is 0 Å². The molecule has 6 heteroatoms. The van der Waals surface area contributed by atoms with Crippen molar-refractivity contribution >= 4 is 11.6 Å². The molecule has 3 aromatic rings. The van der Waals surface area contributed by atoms with E-state index in [1.165, 1.54) is 24.8 Å². The lowest BCUT2D eigenvalue weighted by Gasteiger charge is -2.11. The Morgan fingerprint density at radius 3 is 2.50 bits per heavy atom. The van der Waals surface area contributed by atoms with Gasteiger partial charge in [0.15, 0.2) is 16.7 Å². The molecule has 26 heavy (non-hydrogen) atoms. The number of methoxy groups -OCH3 is 1. The first-order valence-corrected chi connectivity index (χ1v) is 8.31. The number of hydrogen-bond donors (Lipinski definition) is 0.